The molecule has 9 aromatic rings. The monoisotopic (exact) mass is 700 g/mol. The van der Waals surface area contributed by atoms with E-state index in [9.17, 15) is 0 Å². The zero-order valence-electron chi connectivity index (χ0n) is 29.4. The molecule has 0 saturated heterocycles. The summed E-state index contributed by atoms with van der Waals surface area (Å²) in [6, 6.07) is 71.7. The van der Waals surface area contributed by atoms with Crippen molar-refractivity contribution in [2.24, 2.45) is 5.73 Å². The summed E-state index contributed by atoms with van der Waals surface area (Å²) in [5.41, 5.74) is 17.4. The van der Waals surface area contributed by atoms with Crippen LogP contribution < -0.4 is 5.73 Å². The van der Waals surface area contributed by atoms with E-state index in [0.717, 1.165) is 5.56 Å². The van der Waals surface area contributed by atoms with E-state index in [4.69, 9.17) is 11.1 Å². The lowest BCUT2D eigenvalue weighted by atomic mass is 9.97. The van der Waals surface area contributed by atoms with Gasteiger partial charge in [0.15, 0.2) is 0 Å². The van der Waals surface area contributed by atoms with Crippen LogP contribution in [0.4, 0.5) is 0 Å². The van der Waals surface area contributed by atoms with Gasteiger partial charge >= 0.3 is 0 Å². The number of thiophene rings is 1. The van der Waals surface area contributed by atoms with E-state index in [1.54, 1.807) is 11.3 Å². The highest BCUT2D eigenvalue weighted by Crippen LogP contribution is 2.38. The Labute approximate surface area is 316 Å². The molecule has 0 bridgehead atoms. The van der Waals surface area contributed by atoms with Crippen molar-refractivity contribution in [2.45, 2.75) is 6.54 Å². The number of nitrogens with two attached hydrogens (primary N) is 1. The average Bonchev–Trinajstić information content (AvgIpc) is 3.64. The first-order valence-electron chi connectivity index (χ1n) is 17.8. The van der Waals surface area contributed by atoms with Crippen LogP contribution in [0.25, 0.3) is 64.7 Å². The van der Waals surface area contributed by atoms with Gasteiger partial charge in [0.1, 0.15) is 0 Å². The third-order valence-corrected chi connectivity index (χ3v) is 10.3. The molecule has 2 nitrogen and oxygen atoms in total. The first-order chi connectivity index (χ1) is 26.2. The van der Waals surface area contributed by atoms with Crippen molar-refractivity contribution >= 4 is 37.7 Å². The smallest absolute Gasteiger partial charge is 0.0361 e. The van der Waals surface area contributed by atoms with Crippen LogP contribution in [0.3, 0.4) is 0 Å². The highest BCUT2D eigenvalue weighted by atomic mass is 32.1. The summed E-state index contributed by atoms with van der Waals surface area (Å²) >= 11 is 1.79. The number of nitrogens with one attached hydrogen (secondary N) is 1. The molecule has 1 heterocycles. The van der Waals surface area contributed by atoms with Gasteiger partial charge < -0.3 is 11.1 Å². The molecule has 256 valence electrons. The van der Waals surface area contributed by atoms with Crippen LogP contribution in [0, 0.1) is 5.41 Å². The normalized spacial score (nSPS) is 10.5. The first kappa shape index (κ1) is 35.0. The fourth-order valence-electron chi connectivity index (χ4n) is 6.37. The van der Waals surface area contributed by atoms with Crippen LogP contribution in [0.1, 0.15) is 11.1 Å². The van der Waals surface area contributed by atoms with Crippen molar-refractivity contribution in [3.63, 3.8) is 0 Å². The highest BCUT2D eigenvalue weighted by molar-refractivity contribution is 7.25. The third kappa shape index (κ3) is 8.57. The van der Waals surface area contributed by atoms with Crippen LogP contribution >= 0.6 is 11.3 Å². The number of hydrogen-bond acceptors (Lipinski definition) is 3. The molecule has 8 aromatic carbocycles. The molecule has 3 N–H and O–H groups in total. The Morgan fingerprint density at radius 3 is 1.21 bits per heavy atom. The van der Waals surface area contributed by atoms with Gasteiger partial charge in [0.05, 0.1) is 0 Å². The zero-order valence-corrected chi connectivity index (χ0v) is 30.2. The Kier molecular flexibility index (Phi) is 11.4. The average molecular weight is 701 g/mol. The summed E-state index contributed by atoms with van der Waals surface area (Å²) in [6.45, 7) is 0.640. The van der Waals surface area contributed by atoms with Gasteiger partial charge in [0.25, 0.3) is 0 Å². The molecule has 0 spiro atoms. The van der Waals surface area contributed by atoms with Crippen LogP contribution in [0.15, 0.2) is 206 Å². The van der Waals surface area contributed by atoms with Crippen molar-refractivity contribution in [1.29, 1.82) is 5.41 Å². The summed E-state index contributed by atoms with van der Waals surface area (Å²) in [5, 5.41) is 10.2. The predicted molar refractivity (Wildman–Crippen MR) is 230 cm³/mol. The Morgan fingerprint density at radius 1 is 0.396 bits per heavy atom. The largest absolute Gasteiger partial charge is 0.326 e. The van der Waals surface area contributed by atoms with Crippen molar-refractivity contribution < 1.29 is 0 Å². The second kappa shape index (κ2) is 17.2. The fourth-order valence-corrected chi connectivity index (χ4v) is 7.49. The topological polar surface area (TPSA) is 49.9 Å². The Morgan fingerprint density at radius 2 is 0.792 bits per heavy atom. The van der Waals surface area contributed by atoms with Crippen LogP contribution in [-0.4, -0.2) is 6.21 Å². The van der Waals surface area contributed by atoms with E-state index in [0.29, 0.717) is 6.54 Å². The lowest BCUT2D eigenvalue weighted by Crippen LogP contribution is -1.94. The number of benzene rings is 8. The Balaban J connectivity index is 0.000000177. The molecule has 0 aliphatic heterocycles. The lowest BCUT2D eigenvalue weighted by Gasteiger charge is -2.07. The fraction of sp³-hybridized carbons (Fsp3) is 0.0200. The van der Waals surface area contributed by atoms with E-state index in [2.05, 4.69) is 146 Å². The molecule has 0 amide bonds. The summed E-state index contributed by atoms with van der Waals surface area (Å²) in [7, 11) is 0. The van der Waals surface area contributed by atoms with E-state index in [-0.39, 0.29) is 0 Å². The molecule has 53 heavy (non-hydrogen) atoms. The molecule has 0 saturated carbocycles. The molecule has 3 heteroatoms. The van der Waals surface area contributed by atoms with E-state index < -0.39 is 0 Å². The van der Waals surface area contributed by atoms with Gasteiger partial charge in [-0.25, -0.2) is 0 Å². The zero-order chi connectivity index (χ0) is 36.2. The van der Waals surface area contributed by atoms with Gasteiger partial charge in [-0.05, 0) is 68.3 Å². The summed E-state index contributed by atoms with van der Waals surface area (Å²) in [5.74, 6) is 0. The van der Waals surface area contributed by atoms with Crippen LogP contribution in [0.5, 0.6) is 0 Å². The summed E-state index contributed by atoms with van der Waals surface area (Å²) in [4.78, 5) is 0. The van der Waals surface area contributed by atoms with Gasteiger partial charge in [-0.15, -0.1) is 11.3 Å². The SMILES string of the molecule is N=Cc1cccc2sc3ccc(-c4ccc(-c5ccc(-c6ccccc6)cc5)cc4)cc3c12.NCc1ccccc1.c1ccc(-c2ccccc2)cc1. The third-order valence-electron chi connectivity index (χ3n) is 9.19. The molecule has 0 aliphatic carbocycles. The van der Waals surface area contributed by atoms with Gasteiger partial charge in [0, 0.05) is 38.5 Å². The van der Waals surface area contributed by atoms with Gasteiger partial charge in [-0.3, -0.25) is 0 Å². The number of hydrogen-bond donors (Lipinski definition) is 2. The van der Waals surface area contributed by atoms with Gasteiger partial charge in [-0.2, -0.15) is 0 Å². The minimum Gasteiger partial charge on any atom is -0.326 e. The molecule has 0 atom stereocenters. The van der Waals surface area contributed by atoms with Crippen LogP contribution in [0.2, 0.25) is 0 Å². The van der Waals surface area contributed by atoms with Gasteiger partial charge in [-0.1, -0.05) is 188 Å². The van der Waals surface area contributed by atoms with Gasteiger partial charge in [0.2, 0.25) is 0 Å². The summed E-state index contributed by atoms with van der Waals surface area (Å²) in [6.07, 6.45) is 1.46. The predicted octanol–water partition coefficient (Wildman–Crippen LogP) is 13.6. The van der Waals surface area contributed by atoms with E-state index in [1.165, 1.54) is 76.5 Å². The molecule has 0 fully saturated rings. The van der Waals surface area contributed by atoms with Crippen molar-refractivity contribution in [2.75, 3.05) is 0 Å². The lowest BCUT2D eigenvalue weighted by molar-refractivity contribution is 1.07. The van der Waals surface area contributed by atoms with Crippen molar-refractivity contribution in [3.8, 4) is 44.5 Å². The Hall–Kier alpha value is -6.39. The minimum absolute atomic E-state index is 0.640. The van der Waals surface area contributed by atoms with Crippen LogP contribution in [-0.2, 0) is 6.54 Å². The molecule has 1 aromatic heterocycles. The minimum atomic E-state index is 0.640. The van der Waals surface area contributed by atoms with E-state index >= 15 is 0 Å². The molecule has 0 unspecified atom stereocenters. The molecular formula is C50H40N2S. The molecule has 0 radical (unpaired) electrons. The maximum atomic E-state index is 7.80. The van der Waals surface area contributed by atoms with Crippen molar-refractivity contribution in [1.82, 2.24) is 0 Å². The molecule has 9 rings (SSSR count). The van der Waals surface area contributed by atoms with E-state index in [1.807, 2.05) is 60.7 Å². The maximum absolute atomic E-state index is 7.80. The summed E-state index contributed by atoms with van der Waals surface area (Å²) < 4.78 is 2.50. The second-order valence-electron chi connectivity index (χ2n) is 12.6. The van der Waals surface area contributed by atoms with Crippen molar-refractivity contribution in [3.05, 3.63) is 217 Å². The Bertz CT molecular complexity index is 2470. The second-order valence-corrected chi connectivity index (χ2v) is 13.7. The highest BCUT2D eigenvalue weighted by Gasteiger charge is 2.10. The maximum Gasteiger partial charge on any atom is 0.0361 e. The first-order valence-corrected chi connectivity index (χ1v) is 18.6. The standard InChI is InChI=1S/C31H21NS.C12H10.C7H9N/c32-20-27-7-4-8-30-31(27)28-19-26(17-18-29(28)33-30)25-15-13-24(14-16-25)23-11-9-22(10-12-23)21-5-2-1-3-6-21;1-3-7-11(8-4-1)12-9-5-2-6-10-12;8-6-7-4-2-1-3-5-7/h1-20,32H;1-10H;1-5H,6,8H2. The quantitative estimate of drug-likeness (QED) is 0.167. The number of fused-ring (bicyclic) bond motifs is 3. The molecule has 0 aliphatic rings. The molecular weight excluding hydrogens is 661 g/mol. The number of rotatable bonds is 6.